The molecule has 0 aliphatic rings. The Morgan fingerprint density at radius 2 is 1.50 bits per heavy atom. The van der Waals surface area contributed by atoms with Crippen LogP contribution >= 0.6 is 0 Å². The summed E-state index contributed by atoms with van der Waals surface area (Å²) < 4.78 is 81.3. The van der Waals surface area contributed by atoms with Gasteiger partial charge in [0.2, 0.25) is 0 Å². The van der Waals surface area contributed by atoms with Gasteiger partial charge in [0.15, 0.2) is 0 Å². The number of nitrogens with one attached hydrogen (secondary N) is 1. The molecule has 1 aromatic carbocycles. The fraction of sp³-hybridized carbons (Fsp3) is 0.111. The fourth-order valence-corrected chi connectivity index (χ4v) is 3.44. The van der Waals surface area contributed by atoms with Gasteiger partial charge in [-0.15, -0.1) is 0 Å². The summed E-state index contributed by atoms with van der Waals surface area (Å²) in [5.74, 6) is 0. The van der Waals surface area contributed by atoms with E-state index < -0.39 is 30.5 Å². The SMILES string of the molecule is C=Cc1ccc(S(=O)(=O)NS(=O)(=O)C(F)(F)F)cc1.[Li]. The quantitative estimate of drug-likeness (QED) is 0.841. The van der Waals surface area contributed by atoms with E-state index in [4.69, 9.17) is 0 Å². The van der Waals surface area contributed by atoms with Gasteiger partial charge in [-0.25, -0.2) is 16.8 Å². The summed E-state index contributed by atoms with van der Waals surface area (Å²) in [5, 5.41) is 0. The molecule has 107 valence electrons. The molecule has 11 heteroatoms. The first kappa shape index (κ1) is 19.2. The summed E-state index contributed by atoms with van der Waals surface area (Å²) in [6.07, 6.45) is 1.39. The van der Waals surface area contributed by atoms with Crippen molar-refractivity contribution < 1.29 is 30.0 Å². The van der Waals surface area contributed by atoms with Crippen LogP contribution in [0.3, 0.4) is 0 Å². The van der Waals surface area contributed by atoms with Gasteiger partial charge in [0.05, 0.1) is 4.90 Å². The van der Waals surface area contributed by atoms with Crippen LogP contribution in [0.1, 0.15) is 5.56 Å². The number of rotatable bonds is 4. The molecule has 0 bridgehead atoms. The van der Waals surface area contributed by atoms with Crippen LogP contribution in [0.4, 0.5) is 13.2 Å². The van der Waals surface area contributed by atoms with Crippen molar-refractivity contribution in [2.75, 3.05) is 0 Å². The van der Waals surface area contributed by atoms with Crippen LogP contribution in [0.2, 0.25) is 0 Å². The van der Waals surface area contributed by atoms with Gasteiger partial charge in [0, 0.05) is 18.9 Å². The molecule has 0 aromatic heterocycles. The van der Waals surface area contributed by atoms with Crippen molar-refractivity contribution >= 4 is 45.0 Å². The van der Waals surface area contributed by atoms with Crippen LogP contribution < -0.4 is 4.13 Å². The molecule has 0 saturated heterocycles. The minimum absolute atomic E-state index is 0. The minimum atomic E-state index is -5.98. The van der Waals surface area contributed by atoms with E-state index in [9.17, 15) is 30.0 Å². The number of hydrogen-bond donors (Lipinski definition) is 1. The van der Waals surface area contributed by atoms with E-state index in [1.807, 2.05) is 0 Å². The molecule has 0 aliphatic heterocycles. The van der Waals surface area contributed by atoms with Crippen molar-refractivity contribution in [3.8, 4) is 0 Å². The van der Waals surface area contributed by atoms with Gasteiger partial charge in [-0.3, -0.25) is 0 Å². The zero-order valence-electron chi connectivity index (χ0n) is 10.2. The van der Waals surface area contributed by atoms with Crippen LogP contribution in [0.5, 0.6) is 0 Å². The molecule has 0 fully saturated rings. The molecule has 0 amide bonds. The fourth-order valence-electron chi connectivity index (χ4n) is 1.02. The van der Waals surface area contributed by atoms with E-state index in [1.54, 1.807) is 0 Å². The van der Waals surface area contributed by atoms with Crippen molar-refractivity contribution in [1.29, 1.82) is 0 Å². The molecule has 0 heterocycles. The summed E-state index contributed by atoms with van der Waals surface area (Å²) in [6, 6.07) is 4.46. The van der Waals surface area contributed by atoms with Crippen LogP contribution in [0.15, 0.2) is 35.7 Å². The first-order valence-corrected chi connectivity index (χ1v) is 7.53. The van der Waals surface area contributed by atoms with Crippen molar-refractivity contribution in [1.82, 2.24) is 4.13 Å². The normalized spacial score (nSPS) is 12.6. The predicted octanol–water partition coefficient (Wildman–Crippen LogP) is 1.08. The van der Waals surface area contributed by atoms with Crippen LogP contribution in [-0.2, 0) is 20.0 Å². The van der Waals surface area contributed by atoms with E-state index in [2.05, 4.69) is 6.58 Å². The second-order valence-corrected chi connectivity index (χ2v) is 6.92. The van der Waals surface area contributed by atoms with Gasteiger partial charge in [-0.1, -0.05) is 28.9 Å². The molecule has 0 unspecified atom stereocenters. The molecule has 0 atom stereocenters. The first-order valence-electron chi connectivity index (χ1n) is 4.57. The first-order chi connectivity index (χ1) is 8.49. The van der Waals surface area contributed by atoms with Gasteiger partial charge in [0.25, 0.3) is 10.0 Å². The smallest absolute Gasteiger partial charge is 0.206 e. The number of hydrogen-bond acceptors (Lipinski definition) is 4. The summed E-state index contributed by atoms with van der Waals surface area (Å²) in [7, 11) is -10.8. The van der Waals surface area contributed by atoms with Crippen molar-refractivity contribution in [2.45, 2.75) is 10.4 Å². The van der Waals surface area contributed by atoms with Gasteiger partial charge in [0.1, 0.15) is 0 Å². The zero-order chi connectivity index (χ0) is 14.9. The Morgan fingerprint density at radius 3 is 1.85 bits per heavy atom. The largest absolute Gasteiger partial charge is 0.512 e. The van der Waals surface area contributed by atoms with Gasteiger partial charge < -0.3 is 0 Å². The maximum atomic E-state index is 12.1. The Balaban J connectivity index is 0.00000361. The molecule has 1 radical (unpaired) electrons. The molecular weight excluding hydrogens is 314 g/mol. The maximum absolute atomic E-state index is 12.1. The number of alkyl halides is 3. The van der Waals surface area contributed by atoms with E-state index in [-0.39, 0.29) is 18.9 Å². The molecule has 5 nitrogen and oxygen atoms in total. The zero-order valence-corrected chi connectivity index (χ0v) is 11.8. The van der Waals surface area contributed by atoms with E-state index in [0.29, 0.717) is 9.69 Å². The van der Waals surface area contributed by atoms with Crippen LogP contribution in [-0.4, -0.2) is 41.2 Å². The van der Waals surface area contributed by atoms with E-state index in [1.165, 1.54) is 18.2 Å². The van der Waals surface area contributed by atoms with Gasteiger partial charge in [-0.05, 0) is 17.7 Å². The van der Waals surface area contributed by atoms with Crippen LogP contribution in [0, 0.1) is 0 Å². The molecule has 0 spiro atoms. The molecule has 0 saturated carbocycles. The molecule has 1 aromatic rings. The van der Waals surface area contributed by atoms with E-state index in [0.717, 1.165) is 12.1 Å². The minimum Gasteiger partial charge on any atom is -0.206 e. The Bertz CT molecular complexity index is 681. The number of halogens is 3. The Hall–Kier alpha value is -0.793. The van der Waals surface area contributed by atoms with Crippen molar-refractivity contribution in [3.63, 3.8) is 0 Å². The van der Waals surface area contributed by atoms with Crippen molar-refractivity contribution in [3.05, 3.63) is 36.4 Å². The Morgan fingerprint density at radius 1 is 1.05 bits per heavy atom. The average Bonchev–Trinajstić information content (AvgIpc) is 2.26. The molecule has 0 aliphatic carbocycles. The number of benzene rings is 1. The van der Waals surface area contributed by atoms with Gasteiger partial charge in [-0.2, -0.15) is 13.2 Å². The third kappa shape index (κ3) is 4.36. The second-order valence-electron chi connectivity index (χ2n) is 3.31. The molecule has 1 N–H and O–H groups in total. The third-order valence-electron chi connectivity index (χ3n) is 1.95. The monoisotopic (exact) mass is 322 g/mol. The second kappa shape index (κ2) is 6.32. The summed E-state index contributed by atoms with van der Waals surface area (Å²) in [4.78, 5) is -0.606. The summed E-state index contributed by atoms with van der Waals surface area (Å²) >= 11 is 0. The average molecular weight is 322 g/mol. The predicted molar refractivity (Wildman–Crippen MR) is 67.6 cm³/mol. The van der Waals surface area contributed by atoms with Gasteiger partial charge >= 0.3 is 15.5 Å². The maximum Gasteiger partial charge on any atom is 0.512 e. The Labute approximate surface area is 126 Å². The topological polar surface area (TPSA) is 80.3 Å². The summed E-state index contributed by atoms with van der Waals surface area (Å²) in [5.41, 5.74) is -5.18. The molecular formula is C9H8F3LiNO4S2. The third-order valence-corrected chi connectivity index (χ3v) is 5.21. The molecule has 1 rings (SSSR count). The van der Waals surface area contributed by atoms with E-state index >= 15 is 0 Å². The van der Waals surface area contributed by atoms with Crippen LogP contribution in [0.25, 0.3) is 6.08 Å². The Kier molecular flexibility index (Phi) is 6.07. The number of sulfonamides is 2. The standard InChI is InChI=1S/C9H8F3NO4S2.Li/c1-2-7-3-5-8(6-4-7)18(14,15)13-19(16,17)9(10,11)12;/h2-6,13H,1H2;. The summed E-state index contributed by atoms with van der Waals surface area (Å²) in [6.45, 7) is 3.40. The van der Waals surface area contributed by atoms with Crippen molar-refractivity contribution in [2.24, 2.45) is 0 Å². The molecule has 20 heavy (non-hydrogen) atoms.